The zero-order chi connectivity index (χ0) is 13.7. The van der Waals surface area contributed by atoms with Crippen LogP contribution in [0.4, 0.5) is 0 Å². The SMILES string of the molecule is COc1cccc(CC(=O)NC2CCNC(C)C2)c1.Cl. The number of ether oxygens (including phenoxy) is 1. The maximum absolute atomic E-state index is 12.0. The van der Waals surface area contributed by atoms with E-state index in [1.807, 2.05) is 24.3 Å². The minimum atomic E-state index is 0. The summed E-state index contributed by atoms with van der Waals surface area (Å²) in [7, 11) is 1.63. The molecular weight excluding hydrogens is 276 g/mol. The zero-order valence-corrected chi connectivity index (χ0v) is 12.8. The van der Waals surface area contributed by atoms with Crippen LogP contribution in [0.2, 0.25) is 0 Å². The first-order valence-corrected chi connectivity index (χ1v) is 6.83. The largest absolute Gasteiger partial charge is 0.497 e. The van der Waals surface area contributed by atoms with Gasteiger partial charge in [0.05, 0.1) is 13.5 Å². The highest BCUT2D eigenvalue weighted by atomic mass is 35.5. The van der Waals surface area contributed by atoms with Crippen LogP contribution in [0.5, 0.6) is 5.75 Å². The Morgan fingerprint density at radius 2 is 2.30 bits per heavy atom. The van der Waals surface area contributed by atoms with Crippen LogP contribution in [0.3, 0.4) is 0 Å². The van der Waals surface area contributed by atoms with Gasteiger partial charge in [-0.15, -0.1) is 12.4 Å². The molecule has 2 unspecified atom stereocenters. The van der Waals surface area contributed by atoms with Crippen LogP contribution in [0.25, 0.3) is 0 Å². The summed E-state index contributed by atoms with van der Waals surface area (Å²) in [5.74, 6) is 0.883. The van der Waals surface area contributed by atoms with Crippen molar-refractivity contribution in [1.29, 1.82) is 0 Å². The maximum Gasteiger partial charge on any atom is 0.224 e. The smallest absolute Gasteiger partial charge is 0.224 e. The molecule has 1 saturated heterocycles. The zero-order valence-electron chi connectivity index (χ0n) is 12.0. The van der Waals surface area contributed by atoms with Crippen LogP contribution in [0, 0.1) is 0 Å². The van der Waals surface area contributed by atoms with Crippen molar-refractivity contribution in [3.63, 3.8) is 0 Å². The molecule has 2 rings (SSSR count). The third-order valence-corrected chi connectivity index (χ3v) is 3.49. The van der Waals surface area contributed by atoms with Crippen molar-refractivity contribution in [2.24, 2.45) is 0 Å². The summed E-state index contributed by atoms with van der Waals surface area (Å²) >= 11 is 0. The number of carbonyl (C=O) groups is 1. The fourth-order valence-corrected chi connectivity index (χ4v) is 2.51. The number of benzene rings is 1. The van der Waals surface area contributed by atoms with Crippen LogP contribution in [0.1, 0.15) is 25.3 Å². The van der Waals surface area contributed by atoms with Gasteiger partial charge in [-0.05, 0) is 44.0 Å². The predicted octanol–water partition coefficient (Wildman–Crippen LogP) is 1.92. The Morgan fingerprint density at radius 3 is 3.00 bits per heavy atom. The van der Waals surface area contributed by atoms with Gasteiger partial charge >= 0.3 is 0 Å². The molecule has 1 aliphatic rings. The van der Waals surface area contributed by atoms with E-state index in [1.165, 1.54) is 0 Å². The van der Waals surface area contributed by atoms with Gasteiger partial charge in [0, 0.05) is 12.1 Å². The molecule has 1 aliphatic heterocycles. The molecule has 0 aliphatic carbocycles. The Kier molecular flexibility index (Phi) is 6.82. The Morgan fingerprint density at radius 1 is 1.50 bits per heavy atom. The average molecular weight is 299 g/mol. The fraction of sp³-hybridized carbons (Fsp3) is 0.533. The van der Waals surface area contributed by atoms with Crippen LogP contribution >= 0.6 is 12.4 Å². The number of piperidine rings is 1. The molecule has 1 aromatic carbocycles. The minimum absolute atomic E-state index is 0. The molecule has 0 saturated carbocycles. The quantitative estimate of drug-likeness (QED) is 0.893. The van der Waals surface area contributed by atoms with E-state index in [2.05, 4.69) is 17.6 Å². The molecule has 0 spiro atoms. The molecule has 1 heterocycles. The van der Waals surface area contributed by atoms with E-state index in [1.54, 1.807) is 7.11 Å². The van der Waals surface area contributed by atoms with Gasteiger partial charge in [0.15, 0.2) is 0 Å². The molecule has 5 heteroatoms. The van der Waals surface area contributed by atoms with E-state index in [9.17, 15) is 4.79 Å². The van der Waals surface area contributed by atoms with E-state index in [-0.39, 0.29) is 18.3 Å². The van der Waals surface area contributed by atoms with Gasteiger partial charge in [-0.25, -0.2) is 0 Å². The van der Waals surface area contributed by atoms with Crippen molar-refractivity contribution in [3.8, 4) is 5.75 Å². The Bertz CT molecular complexity index is 440. The van der Waals surface area contributed by atoms with Crippen LogP contribution in [0.15, 0.2) is 24.3 Å². The predicted molar refractivity (Wildman–Crippen MR) is 82.6 cm³/mol. The van der Waals surface area contributed by atoms with Crippen molar-refractivity contribution in [2.45, 2.75) is 38.3 Å². The molecule has 0 bridgehead atoms. The molecule has 1 aromatic rings. The van der Waals surface area contributed by atoms with Gasteiger partial charge in [0.2, 0.25) is 5.91 Å². The molecule has 2 atom stereocenters. The minimum Gasteiger partial charge on any atom is -0.497 e. The topological polar surface area (TPSA) is 50.4 Å². The molecule has 0 radical (unpaired) electrons. The summed E-state index contributed by atoms with van der Waals surface area (Å²) < 4.78 is 5.16. The summed E-state index contributed by atoms with van der Waals surface area (Å²) in [6, 6.07) is 8.44. The Hall–Kier alpha value is -1.26. The third kappa shape index (κ3) is 5.02. The number of rotatable bonds is 4. The summed E-state index contributed by atoms with van der Waals surface area (Å²) in [5, 5.41) is 6.50. The van der Waals surface area contributed by atoms with Crippen molar-refractivity contribution in [1.82, 2.24) is 10.6 Å². The van der Waals surface area contributed by atoms with Gasteiger partial charge < -0.3 is 15.4 Å². The van der Waals surface area contributed by atoms with Crippen LogP contribution in [-0.4, -0.2) is 31.6 Å². The monoisotopic (exact) mass is 298 g/mol. The molecular formula is C15H23ClN2O2. The van der Waals surface area contributed by atoms with Crippen molar-refractivity contribution in [2.75, 3.05) is 13.7 Å². The normalized spacial score (nSPS) is 21.7. The lowest BCUT2D eigenvalue weighted by molar-refractivity contribution is -0.121. The molecule has 112 valence electrons. The van der Waals surface area contributed by atoms with E-state index < -0.39 is 0 Å². The number of halogens is 1. The fourth-order valence-electron chi connectivity index (χ4n) is 2.51. The van der Waals surface area contributed by atoms with E-state index in [4.69, 9.17) is 4.74 Å². The lowest BCUT2D eigenvalue weighted by Gasteiger charge is -2.28. The summed E-state index contributed by atoms with van der Waals surface area (Å²) in [5.41, 5.74) is 0.985. The maximum atomic E-state index is 12.0. The van der Waals surface area contributed by atoms with Gasteiger partial charge in [0.1, 0.15) is 5.75 Å². The number of hydrogen-bond donors (Lipinski definition) is 2. The lowest BCUT2D eigenvalue weighted by atomic mass is 10.0. The highest BCUT2D eigenvalue weighted by molar-refractivity contribution is 5.85. The Labute approximate surface area is 126 Å². The first-order valence-electron chi connectivity index (χ1n) is 6.83. The molecule has 2 N–H and O–H groups in total. The summed E-state index contributed by atoms with van der Waals surface area (Å²) in [6.45, 7) is 3.13. The summed E-state index contributed by atoms with van der Waals surface area (Å²) in [4.78, 5) is 12.0. The number of nitrogens with one attached hydrogen (secondary N) is 2. The van der Waals surface area contributed by atoms with E-state index in [0.29, 0.717) is 18.5 Å². The number of methoxy groups -OCH3 is 1. The van der Waals surface area contributed by atoms with Gasteiger partial charge in [-0.2, -0.15) is 0 Å². The van der Waals surface area contributed by atoms with Gasteiger partial charge in [-0.3, -0.25) is 4.79 Å². The second-order valence-electron chi connectivity index (χ2n) is 5.17. The lowest BCUT2D eigenvalue weighted by Crippen LogP contribution is -2.46. The number of carbonyl (C=O) groups excluding carboxylic acids is 1. The number of hydrogen-bond acceptors (Lipinski definition) is 3. The van der Waals surface area contributed by atoms with Crippen LogP contribution in [-0.2, 0) is 11.2 Å². The first-order chi connectivity index (χ1) is 9.17. The van der Waals surface area contributed by atoms with Gasteiger partial charge in [-0.1, -0.05) is 12.1 Å². The molecule has 4 nitrogen and oxygen atoms in total. The molecule has 1 amide bonds. The van der Waals surface area contributed by atoms with Crippen molar-refractivity contribution >= 4 is 18.3 Å². The van der Waals surface area contributed by atoms with Crippen LogP contribution < -0.4 is 15.4 Å². The molecule has 1 fully saturated rings. The van der Waals surface area contributed by atoms with Crippen molar-refractivity contribution < 1.29 is 9.53 Å². The second-order valence-corrected chi connectivity index (χ2v) is 5.17. The Balaban J connectivity index is 0.00000200. The second kappa shape index (κ2) is 8.12. The highest BCUT2D eigenvalue weighted by Gasteiger charge is 2.19. The number of amides is 1. The molecule has 20 heavy (non-hydrogen) atoms. The van der Waals surface area contributed by atoms with Gasteiger partial charge in [0.25, 0.3) is 0 Å². The third-order valence-electron chi connectivity index (χ3n) is 3.49. The van der Waals surface area contributed by atoms with Crippen molar-refractivity contribution in [3.05, 3.63) is 29.8 Å². The average Bonchev–Trinajstić information content (AvgIpc) is 2.38. The highest BCUT2D eigenvalue weighted by Crippen LogP contribution is 2.13. The summed E-state index contributed by atoms with van der Waals surface area (Å²) in [6.07, 6.45) is 2.42. The standard InChI is InChI=1S/C15H22N2O2.ClH/c1-11-8-13(6-7-16-11)17-15(18)10-12-4-3-5-14(9-12)19-2;/h3-5,9,11,13,16H,6-8,10H2,1-2H3,(H,17,18);1H. The van der Waals surface area contributed by atoms with E-state index >= 15 is 0 Å². The first kappa shape index (κ1) is 16.8. The molecule has 0 aromatic heterocycles. The van der Waals surface area contributed by atoms with E-state index in [0.717, 1.165) is 30.7 Å².